The number of benzene rings is 1. The number of rotatable bonds is 4. The Balaban J connectivity index is 1.70. The predicted molar refractivity (Wildman–Crippen MR) is 103 cm³/mol. The van der Waals surface area contributed by atoms with Crippen LogP contribution in [0.2, 0.25) is 5.02 Å². The van der Waals surface area contributed by atoms with E-state index in [2.05, 4.69) is 15.6 Å². The van der Waals surface area contributed by atoms with E-state index in [4.69, 9.17) is 11.6 Å². The molecule has 1 heterocycles. The van der Waals surface area contributed by atoms with Crippen molar-refractivity contribution in [3.63, 3.8) is 0 Å². The molecule has 136 valence electrons. The van der Waals surface area contributed by atoms with Crippen LogP contribution in [0.5, 0.6) is 0 Å². The van der Waals surface area contributed by atoms with Gasteiger partial charge in [-0.3, -0.25) is 14.6 Å². The third-order valence-corrected chi connectivity index (χ3v) is 5.12. The van der Waals surface area contributed by atoms with Crippen LogP contribution in [-0.4, -0.2) is 22.8 Å². The van der Waals surface area contributed by atoms with Gasteiger partial charge in [0.05, 0.1) is 0 Å². The van der Waals surface area contributed by atoms with Gasteiger partial charge in [-0.15, -0.1) is 0 Å². The molecule has 0 saturated heterocycles. The smallest absolute Gasteiger partial charge is 0.270 e. The number of pyridine rings is 1. The minimum Gasteiger partial charge on any atom is -0.348 e. The summed E-state index contributed by atoms with van der Waals surface area (Å²) in [5, 5.41) is 6.44. The van der Waals surface area contributed by atoms with Gasteiger partial charge in [-0.2, -0.15) is 0 Å². The van der Waals surface area contributed by atoms with Gasteiger partial charge in [-0.05, 0) is 49.6 Å². The highest BCUT2D eigenvalue weighted by Gasteiger charge is 2.18. The number of hydrogen-bond acceptors (Lipinski definition) is 3. The number of amides is 2. The summed E-state index contributed by atoms with van der Waals surface area (Å²) in [7, 11) is 0. The molecule has 0 radical (unpaired) electrons. The minimum absolute atomic E-state index is 0.199. The molecular weight excluding hydrogens is 350 g/mol. The summed E-state index contributed by atoms with van der Waals surface area (Å²) in [5.41, 5.74) is 2.08. The summed E-state index contributed by atoms with van der Waals surface area (Å²) in [6.45, 7) is 1.84. The normalized spacial score (nSPS) is 14.7. The average molecular weight is 372 g/mol. The van der Waals surface area contributed by atoms with Crippen LogP contribution in [0, 0.1) is 6.92 Å². The Morgan fingerprint density at radius 3 is 2.65 bits per heavy atom. The summed E-state index contributed by atoms with van der Waals surface area (Å²) < 4.78 is 0. The molecule has 0 unspecified atom stereocenters. The number of carbonyl (C=O) groups excluding carboxylic acids is 2. The summed E-state index contributed by atoms with van der Waals surface area (Å²) in [5.74, 6) is -0.532. The third kappa shape index (κ3) is 4.41. The molecule has 1 fully saturated rings. The second-order valence-corrected chi connectivity index (χ2v) is 7.01. The fraction of sp³-hybridized carbons (Fsp3) is 0.350. The van der Waals surface area contributed by atoms with Crippen LogP contribution in [0.4, 0.5) is 5.69 Å². The first-order valence-corrected chi connectivity index (χ1v) is 9.26. The highest BCUT2D eigenvalue weighted by molar-refractivity contribution is 6.31. The fourth-order valence-corrected chi connectivity index (χ4v) is 3.31. The van der Waals surface area contributed by atoms with Crippen LogP contribution in [0.25, 0.3) is 0 Å². The Hall–Kier alpha value is -2.40. The molecule has 6 heteroatoms. The molecule has 1 aliphatic carbocycles. The molecule has 2 N–H and O–H groups in total. The molecule has 26 heavy (non-hydrogen) atoms. The lowest BCUT2D eigenvalue weighted by molar-refractivity contribution is 0.0922. The molecule has 1 aromatic heterocycles. The summed E-state index contributed by atoms with van der Waals surface area (Å²) >= 11 is 6.09. The molecule has 0 aliphatic heterocycles. The van der Waals surface area contributed by atoms with Crippen LogP contribution in [0.3, 0.4) is 0 Å². The first-order valence-electron chi connectivity index (χ1n) is 8.88. The zero-order chi connectivity index (χ0) is 18.5. The molecule has 3 rings (SSSR count). The number of anilines is 1. The summed E-state index contributed by atoms with van der Waals surface area (Å²) in [4.78, 5) is 29.1. The van der Waals surface area contributed by atoms with E-state index in [1.54, 1.807) is 24.3 Å². The molecule has 1 saturated carbocycles. The highest BCUT2D eigenvalue weighted by atomic mass is 35.5. The Morgan fingerprint density at radius 2 is 1.88 bits per heavy atom. The van der Waals surface area contributed by atoms with Crippen molar-refractivity contribution in [2.75, 3.05) is 5.32 Å². The van der Waals surface area contributed by atoms with E-state index in [9.17, 15) is 9.59 Å². The Kier molecular flexibility index (Phi) is 5.89. The lowest BCUT2D eigenvalue weighted by Crippen LogP contribution is -2.36. The third-order valence-electron chi connectivity index (χ3n) is 4.71. The first-order chi connectivity index (χ1) is 12.5. The number of halogens is 1. The lowest BCUT2D eigenvalue weighted by Gasteiger charge is -2.22. The standard InChI is InChI=1S/C20H22ClN3O2/c1-13-16(21)8-5-9-17(13)24-19(25)14-10-11-22-18(12-14)20(26)23-15-6-3-2-4-7-15/h5,8-12,15H,2-4,6-7H2,1H3,(H,23,26)(H,24,25). The molecule has 2 amide bonds. The predicted octanol–water partition coefficient (Wildman–Crippen LogP) is 4.36. The van der Waals surface area contributed by atoms with E-state index in [1.165, 1.54) is 18.7 Å². The minimum atomic E-state index is -0.301. The van der Waals surface area contributed by atoms with Crippen molar-refractivity contribution in [2.24, 2.45) is 0 Å². The van der Waals surface area contributed by atoms with Crippen LogP contribution in [-0.2, 0) is 0 Å². The molecule has 0 spiro atoms. The van der Waals surface area contributed by atoms with Crippen molar-refractivity contribution < 1.29 is 9.59 Å². The maximum atomic E-state index is 12.5. The van der Waals surface area contributed by atoms with Crippen LogP contribution in [0.1, 0.15) is 58.5 Å². The van der Waals surface area contributed by atoms with Crippen LogP contribution >= 0.6 is 11.6 Å². The van der Waals surface area contributed by atoms with Crippen molar-refractivity contribution in [3.05, 3.63) is 58.4 Å². The van der Waals surface area contributed by atoms with Gasteiger partial charge >= 0.3 is 0 Å². The molecule has 5 nitrogen and oxygen atoms in total. The molecule has 2 aromatic rings. The topological polar surface area (TPSA) is 71.1 Å². The number of carbonyl (C=O) groups is 2. The number of aromatic nitrogens is 1. The summed E-state index contributed by atoms with van der Waals surface area (Å²) in [6.07, 6.45) is 6.98. The quantitative estimate of drug-likeness (QED) is 0.838. The zero-order valence-electron chi connectivity index (χ0n) is 14.7. The maximum absolute atomic E-state index is 12.5. The van der Waals surface area contributed by atoms with Crippen molar-refractivity contribution in [2.45, 2.75) is 45.1 Å². The van der Waals surface area contributed by atoms with Crippen molar-refractivity contribution in [1.82, 2.24) is 10.3 Å². The van der Waals surface area contributed by atoms with Crippen LogP contribution < -0.4 is 10.6 Å². The molecule has 0 atom stereocenters. The van der Waals surface area contributed by atoms with E-state index in [1.807, 2.05) is 6.92 Å². The van der Waals surface area contributed by atoms with Crippen LogP contribution in [0.15, 0.2) is 36.5 Å². The summed E-state index contributed by atoms with van der Waals surface area (Å²) in [6, 6.07) is 8.65. The maximum Gasteiger partial charge on any atom is 0.270 e. The van der Waals surface area contributed by atoms with Crippen molar-refractivity contribution in [3.8, 4) is 0 Å². The molecule has 1 aromatic carbocycles. The highest BCUT2D eigenvalue weighted by Crippen LogP contribution is 2.23. The second-order valence-electron chi connectivity index (χ2n) is 6.60. The molecule has 1 aliphatic rings. The van der Waals surface area contributed by atoms with Gasteiger partial charge in [0.2, 0.25) is 0 Å². The van der Waals surface area contributed by atoms with E-state index < -0.39 is 0 Å². The van der Waals surface area contributed by atoms with Gasteiger partial charge in [-0.25, -0.2) is 0 Å². The fourth-order valence-electron chi connectivity index (χ4n) is 3.14. The monoisotopic (exact) mass is 371 g/mol. The van der Waals surface area contributed by atoms with E-state index in [0.717, 1.165) is 31.2 Å². The number of nitrogens with one attached hydrogen (secondary N) is 2. The number of nitrogens with zero attached hydrogens (tertiary/aromatic N) is 1. The van der Waals surface area contributed by atoms with Gasteiger partial charge in [0.15, 0.2) is 0 Å². The van der Waals surface area contributed by atoms with Crippen molar-refractivity contribution >= 4 is 29.1 Å². The Morgan fingerprint density at radius 1 is 1.12 bits per heavy atom. The largest absolute Gasteiger partial charge is 0.348 e. The second kappa shape index (κ2) is 8.32. The Labute approximate surface area is 158 Å². The van der Waals surface area contributed by atoms with Crippen molar-refractivity contribution in [1.29, 1.82) is 0 Å². The average Bonchev–Trinajstić information content (AvgIpc) is 2.66. The van der Waals surface area contributed by atoms with Gasteiger partial charge in [0.25, 0.3) is 11.8 Å². The Bertz CT molecular complexity index is 816. The van der Waals surface area contributed by atoms with Gasteiger partial charge in [-0.1, -0.05) is 36.9 Å². The lowest BCUT2D eigenvalue weighted by atomic mass is 9.95. The molecular formula is C20H22ClN3O2. The molecule has 0 bridgehead atoms. The van der Waals surface area contributed by atoms with Gasteiger partial charge in [0, 0.05) is 28.5 Å². The number of hydrogen-bond donors (Lipinski definition) is 2. The van der Waals surface area contributed by atoms with Gasteiger partial charge < -0.3 is 10.6 Å². The van der Waals surface area contributed by atoms with E-state index in [-0.39, 0.29) is 23.6 Å². The SMILES string of the molecule is Cc1c(Cl)cccc1NC(=O)c1ccnc(C(=O)NC2CCCCC2)c1. The van der Waals surface area contributed by atoms with Gasteiger partial charge in [0.1, 0.15) is 5.69 Å². The van der Waals surface area contributed by atoms with E-state index in [0.29, 0.717) is 16.3 Å². The van der Waals surface area contributed by atoms with E-state index >= 15 is 0 Å². The first kappa shape index (κ1) is 18.4. The zero-order valence-corrected chi connectivity index (χ0v) is 15.5.